The standard InChI is InChI=1S/C7H13N3O4S/c8-10-7(12)6(11)9-4-5-2-1-3-15(5,13)14/h5H,1-4,8H2,(H,9,11)(H,10,12). The van der Waals surface area contributed by atoms with E-state index in [-0.39, 0.29) is 12.3 Å². The Bertz CT molecular complexity index is 364. The van der Waals surface area contributed by atoms with Crippen LogP contribution < -0.4 is 16.6 Å². The Morgan fingerprint density at radius 2 is 2.00 bits per heavy atom. The van der Waals surface area contributed by atoms with E-state index in [1.807, 2.05) is 0 Å². The van der Waals surface area contributed by atoms with Crippen molar-refractivity contribution in [3.8, 4) is 0 Å². The third kappa shape index (κ3) is 2.90. The minimum atomic E-state index is -3.09. The number of amides is 2. The van der Waals surface area contributed by atoms with Gasteiger partial charge in [-0.2, -0.15) is 0 Å². The van der Waals surface area contributed by atoms with Crippen molar-refractivity contribution < 1.29 is 18.0 Å². The van der Waals surface area contributed by atoms with Gasteiger partial charge in [-0.25, -0.2) is 14.3 Å². The fourth-order valence-electron chi connectivity index (χ4n) is 1.44. The molecule has 0 spiro atoms. The van der Waals surface area contributed by atoms with Gasteiger partial charge in [-0.3, -0.25) is 15.0 Å². The minimum absolute atomic E-state index is 0.0331. The van der Waals surface area contributed by atoms with E-state index in [1.54, 1.807) is 5.43 Å². The third-order valence-corrected chi connectivity index (χ3v) is 4.57. The van der Waals surface area contributed by atoms with Gasteiger partial charge in [0.25, 0.3) is 0 Å². The Morgan fingerprint density at radius 3 is 2.47 bits per heavy atom. The fraction of sp³-hybridized carbons (Fsp3) is 0.714. The van der Waals surface area contributed by atoms with E-state index in [0.717, 1.165) is 0 Å². The largest absolute Gasteiger partial charge is 0.346 e. The Labute approximate surface area is 87.3 Å². The van der Waals surface area contributed by atoms with Crippen molar-refractivity contribution in [3.05, 3.63) is 0 Å². The number of nitrogens with one attached hydrogen (secondary N) is 2. The second kappa shape index (κ2) is 4.58. The molecule has 1 aliphatic heterocycles. The van der Waals surface area contributed by atoms with Gasteiger partial charge in [0, 0.05) is 6.54 Å². The van der Waals surface area contributed by atoms with Crippen LogP contribution in [0.3, 0.4) is 0 Å². The van der Waals surface area contributed by atoms with E-state index >= 15 is 0 Å². The topological polar surface area (TPSA) is 118 Å². The highest BCUT2D eigenvalue weighted by Crippen LogP contribution is 2.18. The van der Waals surface area contributed by atoms with Gasteiger partial charge in [-0.15, -0.1) is 0 Å². The number of hydrogen-bond acceptors (Lipinski definition) is 5. The van der Waals surface area contributed by atoms with Gasteiger partial charge in [0.1, 0.15) is 0 Å². The molecule has 8 heteroatoms. The molecule has 0 aromatic carbocycles. The first-order chi connectivity index (χ1) is 6.97. The highest BCUT2D eigenvalue weighted by Gasteiger charge is 2.31. The first-order valence-electron chi connectivity index (χ1n) is 4.47. The van der Waals surface area contributed by atoms with Gasteiger partial charge in [-0.1, -0.05) is 0 Å². The number of hydrazine groups is 1. The number of carbonyl (C=O) groups is 2. The van der Waals surface area contributed by atoms with Crippen molar-refractivity contribution >= 4 is 21.7 Å². The van der Waals surface area contributed by atoms with E-state index in [4.69, 9.17) is 5.84 Å². The summed E-state index contributed by atoms with van der Waals surface area (Å²) in [5, 5.41) is 1.64. The molecule has 7 nitrogen and oxygen atoms in total. The molecule has 0 radical (unpaired) electrons. The smallest absolute Gasteiger partial charge is 0.323 e. The Kier molecular flexibility index (Phi) is 3.64. The van der Waals surface area contributed by atoms with E-state index < -0.39 is 26.9 Å². The van der Waals surface area contributed by atoms with Crippen molar-refractivity contribution in [2.75, 3.05) is 12.3 Å². The predicted molar refractivity (Wildman–Crippen MR) is 52.1 cm³/mol. The quantitative estimate of drug-likeness (QED) is 0.215. The van der Waals surface area contributed by atoms with Crippen LogP contribution in [0.15, 0.2) is 0 Å². The van der Waals surface area contributed by atoms with E-state index in [9.17, 15) is 18.0 Å². The summed E-state index contributed by atoms with van der Waals surface area (Å²) < 4.78 is 22.7. The monoisotopic (exact) mass is 235 g/mol. The maximum atomic E-state index is 11.3. The van der Waals surface area contributed by atoms with E-state index in [0.29, 0.717) is 12.8 Å². The summed E-state index contributed by atoms with van der Waals surface area (Å²) in [7, 11) is -3.09. The van der Waals surface area contributed by atoms with Crippen LogP contribution in [0, 0.1) is 0 Å². The molecule has 2 amide bonds. The molecule has 1 heterocycles. The molecule has 15 heavy (non-hydrogen) atoms. The summed E-state index contributed by atoms with van der Waals surface area (Å²) in [4.78, 5) is 21.6. The van der Waals surface area contributed by atoms with Crippen molar-refractivity contribution in [2.24, 2.45) is 5.84 Å². The Hall–Kier alpha value is -1.15. The second-order valence-electron chi connectivity index (χ2n) is 3.31. The first kappa shape index (κ1) is 11.9. The summed E-state index contributed by atoms with van der Waals surface area (Å²) >= 11 is 0. The van der Waals surface area contributed by atoms with Gasteiger partial charge >= 0.3 is 11.8 Å². The number of nitrogens with two attached hydrogens (primary N) is 1. The zero-order valence-electron chi connectivity index (χ0n) is 8.02. The highest BCUT2D eigenvalue weighted by molar-refractivity contribution is 7.92. The third-order valence-electron chi connectivity index (χ3n) is 2.29. The van der Waals surface area contributed by atoms with Gasteiger partial charge in [0.15, 0.2) is 9.84 Å². The summed E-state index contributed by atoms with van der Waals surface area (Å²) in [6.45, 7) is -0.0331. The number of carbonyl (C=O) groups excluding carboxylic acids is 2. The van der Waals surface area contributed by atoms with Gasteiger partial charge in [0.2, 0.25) is 0 Å². The summed E-state index contributed by atoms with van der Waals surface area (Å²) in [6, 6.07) is 0. The molecule has 1 atom stereocenters. The Balaban J connectivity index is 2.44. The molecular formula is C7H13N3O4S. The fourth-order valence-corrected chi connectivity index (χ4v) is 3.21. The molecule has 4 N–H and O–H groups in total. The highest BCUT2D eigenvalue weighted by atomic mass is 32.2. The molecule has 0 aromatic rings. The van der Waals surface area contributed by atoms with E-state index in [1.165, 1.54) is 0 Å². The van der Waals surface area contributed by atoms with Crippen LogP contribution in [0.5, 0.6) is 0 Å². The lowest BCUT2D eigenvalue weighted by molar-refractivity contribution is -0.139. The van der Waals surface area contributed by atoms with Crippen LogP contribution in [0.2, 0.25) is 0 Å². The maximum Gasteiger partial charge on any atom is 0.323 e. The van der Waals surface area contributed by atoms with Crippen molar-refractivity contribution in [1.29, 1.82) is 0 Å². The molecule has 0 aromatic heterocycles. The molecule has 1 rings (SSSR count). The maximum absolute atomic E-state index is 11.3. The van der Waals surface area contributed by atoms with Crippen LogP contribution in [0.1, 0.15) is 12.8 Å². The Morgan fingerprint density at radius 1 is 1.33 bits per heavy atom. The number of hydrogen-bond donors (Lipinski definition) is 3. The molecule has 0 bridgehead atoms. The first-order valence-corrected chi connectivity index (χ1v) is 6.19. The summed E-state index contributed by atoms with van der Waals surface area (Å²) in [5.41, 5.74) is 1.66. The van der Waals surface area contributed by atoms with Crippen LogP contribution in [-0.2, 0) is 19.4 Å². The van der Waals surface area contributed by atoms with Gasteiger partial charge < -0.3 is 5.32 Å². The molecule has 1 unspecified atom stereocenters. The average molecular weight is 235 g/mol. The lowest BCUT2D eigenvalue weighted by Crippen LogP contribution is -2.45. The lowest BCUT2D eigenvalue weighted by atomic mass is 10.2. The predicted octanol–water partition coefficient (Wildman–Crippen LogP) is -2.33. The molecule has 1 saturated heterocycles. The molecule has 1 aliphatic rings. The SMILES string of the molecule is NNC(=O)C(=O)NCC1CCCS1(=O)=O. The number of sulfone groups is 1. The van der Waals surface area contributed by atoms with Crippen molar-refractivity contribution in [3.63, 3.8) is 0 Å². The molecule has 1 fully saturated rings. The zero-order valence-corrected chi connectivity index (χ0v) is 8.84. The van der Waals surface area contributed by atoms with Crippen molar-refractivity contribution in [2.45, 2.75) is 18.1 Å². The minimum Gasteiger partial charge on any atom is -0.346 e. The average Bonchev–Trinajstić information content (AvgIpc) is 2.53. The van der Waals surface area contributed by atoms with Crippen LogP contribution in [-0.4, -0.2) is 37.8 Å². The van der Waals surface area contributed by atoms with Crippen LogP contribution >= 0.6 is 0 Å². The second-order valence-corrected chi connectivity index (χ2v) is 5.72. The molecule has 0 saturated carbocycles. The normalized spacial score (nSPS) is 23.4. The van der Waals surface area contributed by atoms with Gasteiger partial charge in [-0.05, 0) is 12.8 Å². The van der Waals surface area contributed by atoms with Gasteiger partial charge in [0.05, 0.1) is 11.0 Å². The van der Waals surface area contributed by atoms with Crippen molar-refractivity contribution in [1.82, 2.24) is 10.7 Å². The lowest BCUT2D eigenvalue weighted by Gasteiger charge is -2.09. The van der Waals surface area contributed by atoms with E-state index in [2.05, 4.69) is 5.32 Å². The zero-order chi connectivity index (χ0) is 11.5. The van der Waals surface area contributed by atoms with Crippen LogP contribution in [0.25, 0.3) is 0 Å². The number of rotatable bonds is 2. The molecule has 0 aliphatic carbocycles. The summed E-state index contributed by atoms with van der Waals surface area (Å²) in [6.07, 6.45) is 1.12. The molecular weight excluding hydrogens is 222 g/mol. The van der Waals surface area contributed by atoms with Crippen LogP contribution in [0.4, 0.5) is 0 Å². The summed E-state index contributed by atoms with van der Waals surface area (Å²) in [5.74, 6) is 2.98. The molecule has 86 valence electrons.